The fourth-order valence-corrected chi connectivity index (χ4v) is 1.23. The van der Waals surface area contributed by atoms with Crippen molar-refractivity contribution < 1.29 is 0 Å². The fraction of sp³-hybridized carbons (Fsp3) is 0.333. The Morgan fingerprint density at radius 1 is 1.31 bits per heavy atom. The minimum atomic E-state index is 0.880. The van der Waals surface area contributed by atoms with Crippen LogP contribution in [0.25, 0.3) is 5.82 Å². The Balaban J connectivity index is 2.52. The molecule has 0 aliphatic rings. The van der Waals surface area contributed by atoms with Crippen molar-refractivity contribution in [2.45, 2.75) is 20.8 Å². The number of hydrogen-bond acceptors (Lipinski definition) is 2. The quantitative estimate of drug-likeness (QED) is 0.716. The molecule has 4 heteroatoms. The van der Waals surface area contributed by atoms with Gasteiger partial charge in [-0.1, -0.05) is 0 Å². The van der Waals surface area contributed by atoms with Gasteiger partial charge in [-0.3, -0.25) is 5.10 Å². The van der Waals surface area contributed by atoms with Gasteiger partial charge in [0.2, 0.25) is 0 Å². The molecule has 0 radical (unpaired) electrons. The fourth-order valence-electron chi connectivity index (χ4n) is 1.23. The zero-order valence-electron chi connectivity index (χ0n) is 8.00. The zero-order chi connectivity index (χ0) is 9.42. The molecule has 68 valence electrons. The highest BCUT2D eigenvalue weighted by molar-refractivity contribution is 5.34. The van der Waals surface area contributed by atoms with E-state index in [0.29, 0.717) is 0 Å². The molecule has 0 aliphatic carbocycles. The van der Waals surface area contributed by atoms with Crippen molar-refractivity contribution in [1.82, 2.24) is 20.0 Å². The van der Waals surface area contributed by atoms with Gasteiger partial charge < -0.3 is 0 Å². The molecule has 2 heterocycles. The molecule has 0 unspecified atom stereocenters. The van der Waals surface area contributed by atoms with E-state index in [1.165, 1.54) is 0 Å². The van der Waals surface area contributed by atoms with Crippen LogP contribution in [0.4, 0.5) is 0 Å². The van der Waals surface area contributed by atoms with Crippen LogP contribution < -0.4 is 0 Å². The van der Waals surface area contributed by atoms with Crippen LogP contribution in [0.15, 0.2) is 12.3 Å². The van der Waals surface area contributed by atoms with Crippen molar-refractivity contribution in [2.75, 3.05) is 0 Å². The second kappa shape index (κ2) is 2.73. The summed E-state index contributed by atoms with van der Waals surface area (Å²) in [5, 5.41) is 11.4. The lowest BCUT2D eigenvalue weighted by Crippen LogP contribution is -1.97. The van der Waals surface area contributed by atoms with E-state index in [9.17, 15) is 0 Å². The number of nitrogens with one attached hydrogen (secondary N) is 1. The van der Waals surface area contributed by atoms with Crippen molar-refractivity contribution in [3.8, 4) is 5.82 Å². The van der Waals surface area contributed by atoms with Crippen LogP contribution in [0.2, 0.25) is 0 Å². The average molecular weight is 176 g/mol. The van der Waals surface area contributed by atoms with Gasteiger partial charge in [0.15, 0.2) is 5.82 Å². The molecule has 13 heavy (non-hydrogen) atoms. The predicted molar refractivity (Wildman–Crippen MR) is 49.9 cm³/mol. The standard InChI is InChI=1S/C9H12N4/c1-6-4-5-13(12-6)9-7(2)8(3)10-11-9/h4-5H,1-3H3,(H,10,11). The monoisotopic (exact) mass is 176 g/mol. The summed E-state index contributed by atoms with van der Waals surface area (Å²) in [6.45, 7) is 6.00. The van der Waals surface area contributed by atoms with Crippen molar-refractivity contribution in [1.29, 1.82) is 0 Å². The highest BCUT2D eigenvalue weighted by Crippen LogP contribution is 2.12. The SMILES string of the molecule is Cc1ccn(-c2n[nH]c(C)c2C)n1. The molecule has 2 aromatic rings. The second-order valence-corrected chi connectivity index (χ2v) is 3.20. The van der Waals surface area contributed by atoms with Crippen molar-refractivity contribution in [2.24, 2.45) is 0 Å². The molecule has 0 fully saturated rings. The highest BCUT2D eigenvalue weighted by atomic mass is 15.3. The number of rotatable bonds is 1. The maximum absolute atomic E-state index is 4.29. The lowest BCUT2D eigenvalue weighted by Gasteiger charge is -1.96. The van der Waals surface area contributed by atoms with E-state index in [0.717, 1.165) is 22.8 Å². The van der Waals surface area contributed by atoms with Gasteiger partial charge in [-0.25, -0.2) is 4.68 Å². The third-order valence-electron chi connectivity index (χ3n) is 2.17. The molecular formula is C9H12N4. The molecule has 0 atom stereocenters. The number of nitrogens with zero attached hydrogens (tertiary/aromatic N) is 3. The van der Waals surface area contributed by atoms with Crippen LogP contribution in [0.5, 0.6) is 0 Å². The minimum Gasteiger partial charge on any atom is -0.280 e. The predicted octanol–water partition coefficient (Wildman–Crippen LogP) is 1.52. The first-order valence-corrected chi connectivity index (χ1v) is 4.22. The smallest absolute Gasteiger partial charge is 0.177 e. The maximum Gasteiger partial charge on any atom is 0.177 e. The molecule has 2 aromatic heterocycles. The summed E-state index contributed by atoms with van der Waals surface area (Å²) in [6.07, 6.45) is 1.91. The Labute approximate surface area is 76.6 Å². The molecule has 2 rings (SSSR count). The van der Waals surface area contributed by atoms with Crippen LogP contribution in [-0.2, 0) is 0 Å². The summed E-state index contributed by atoms with van der Waals surface area (Å²) in [7, 11) is 0. The van der Waals surface area contributed by atoms with Gasteiger partial charge in [0, 0.05) is 17.5 Å². The first kappa shape index (κ1) is 8.04. The van der Waals surface area contributed by atoms with Crippen molar-refractivity contribution in [3.63, 3.8) is 0 Å². The number of aromatic nitrogens is 4. The number of aryl methyl sites for hydroxylation is 2. The van der Waals surface area contributed by atoms with Gasteiger partial charge in [-0.05, 0) is 26.8 Å². The van der Waals surface area contributed by atoms with Crippen LogP contribution in [0, 0.1) is 20.8 Å². The largest absolute Gasteiger partial charge is 0.280 e. The Bertz CT molecular complexity index is 425. The van der Waals surface area contributed by atoms with Gasteiger partial charge in [0.25, 0.3) is 0 Å². The number of hydrogen-bond donors (Lipinski definition) is 1. The van der Waals surface area contributed by atoms with E-state index in [-0.39, 0.29) is 0 Å². The summed E-state index contributed by atoms with van der Waals surface area (Å²) in [5.41, 5.74) is 3.23. The molecule has 4 nitrogen and oxygen atoms in total. The van der Waals surface area contributed by atoms with Crippen LogP contribution in [0.1, 0.15) is 17.0 Å². The van der Waals surface area contributed by atoms with Gasteiger partial charge >= 0.3 is 0 Å². The molecule has 0 saturated heterocycles. The first-order valence-electron chi connectivity index (χ1n) is 4.22. The minimum absolute atomic E-state index is 0.880. The van der Waals surface area contributed by atoms with E-state index in [2.05, 4.69) is 15.3 Å². The van der Waals surface area contributed by atoms with Crippen LogP contribution >= 0.6 is 0 Å². The molecular weight excluding hydrogens is 164 g/mol. The third kappa shape index (κ3) is 1.24. The van der Waals surface area contributed by atoms with E-state index in [1.54, 1.807) is 4.68 Å². The van der Waals surface area contributed by atoms with Gasteiger partial charge in [0.05, 0.1) is 5.69 Å². The lowest BCUT2D eigenvalue weighted by molar-refractivity contribution is 0.818. The highest BCUT2D eigenvalue weighted by Gasteiger charge is 2.07. The van der Waals surface area contributed by atoms with E-state index in [4.69, 9.17) is 0 Å². The molecule has 0 aromatic carbocycles. The van der Waals surface area contributed by atoms with Gasteiger partial charge in [-0.15, -0.1) is 0 Å². The number of H-pyrrole nitrogens is 1. The summed E-state index contributed by atoms with van der Waals surface area (Å²) < 4.78 is 1.79. The summed E-state index contributed by atoms with van der Waals surface area (Å²) >= 11 is 0. The summed E-state index contributed by atoms with van der Waals surface area (Å²) in [5.74, 6) is 0.880. The second-order valence-electron chi connectivity index (χ2n) is 3.20. The lowest BCUT2D eigenvalue weighted by atomic mass is 10.3. The number of aromatic amines is 1. The molecule has 0 amide bonds. The van der Waals surface area contributed by atoms with Crippen molar-refractivity contribution in [3.05, 3.63) is 29.2 Å². The topological polar surface area (TPSA) is 46.5 Å². The molecule has 0 spiro atoms. The molecule has 0 bridgehead atoms. The Morgan fingerprint density at radius 2 is 2.08 bits per heavy atom. The van der Waals surface area contributed by atoms with E-state index in [1.807, 2.05) is 33.0 Å². The van der Waals surface area contributed by atoms with Crippen molar-refractivity contribution >= 4 is 0 Å². The van der Waals surface area contributed by atoms with E-state index < -0.39 is 0 Å². The van der Waals surface area contributed by atoms with Gasteiger partial charge in [-0.2, -0.15) is 10.2 Å². The Morgan fingerprint density at radius 3 is 2.54 bits per heavy atom. The van der Waals surface area contributed by atoms with E-state index >= 15 is 0 Å². The summed E-state index contributed by atoms with van der Waals surface area (Å²) in [4.78, 5) is 0. The third-order valence-corrected chi connectivity index (χ3v) is 2.17. The Kier molecular flexibility index (Phi) is 1.69. The molecule has 0 aliphatic heterocycles. The normalized spacial score (nSPS) is 10.7. The average Bonchev–Trinajstić information content (AvgIpc) is 2.62. The Hall–Kier alpha value is -1.58. The zero-order valence-corrected chi connectivity index (χ0v) is 8.00. The maximum atomic E-state index is 4.29. The molecule has 1 N–H and O–H groups in total. The van der Waals surface area contributed by atoms with Gasteiger partial charge in [0.1, 0.15) is 0 Å². The first-order chi connectivity index (χ1) is 6.18. The van der Waals surface area contributed by atoms with Crippen LogP contribution in [0.3, 0.4) is 0 Å². The van der Waals surface area contributed by atoms with Crippen LogP contribution in [-0.4, -0.2) is 20.0 Å². The molecule has 0 saturated carbocycles. The summed E-state index contributed by atoms with van der Waals surface area (Å²) in [6, 6.07) is 1.96.